The summed E-state index contributed by atoms with van der Waals surface area (Å²) in [6.07, 6.45) is 4.78. The SMILES string of the molecule is CN(Cc1cnn(C)c1)C(=O)C1CCCN1S(=O)(=O)c1ccccc1. The Kier molecular flexibility index (Phi) is 4.91. The maximum absolute atomic E-state index is 12.9. The Balaban J connectivity index is 1.77. The average Bonchev–Trinajstić information content (AvgIpc) is 3.24. The maximum atomic E-state index is 12.9. The first-order valence-corrected chi connectivity index (χ1v) is 9.63. The molecule has 1 saturated heterocycles. The van der Waals surface area contributed by atoms with Crippen molar-refractivity contribution >= 4 is 15.9 Å². The largest absolute Gasteiger partial charge is 0.340 e. The van der Waals surface area contributed by atoms with Crippen molar-refractivity contribution in [2.45, 2.75) is 30.3 Å². The quantitative estimate of drug-likeness (QED) is 0.802. The number of nitrogens with zero attached hydrogens (tertiary/aromatic N) is 4. The predicted molar refractivity (Wildman–Crippen MR) is 93.0 cm³/mol. The second kappa shape index (κ2) is 6.97. The summed E-state index contributed by atoms with van der Waals surface area (Å²) in [6.45, 7) is 0.775. The summed E-state index contributed by atoms with van der Waals surface area (Å²) in [4.78, 5) is 14.6. The van der Waals surface area contributed by atoms with E-state index < -0.39 is 16.1 Å². The third-order valence-corrected chi connectivity index (χ3v) is 6.32. The summed E-state index contributed by atoms with van der Waals surface area (Å²) in [5.74, 6) is -0.180. The van der Waals surface area contributed by atoms with E-state index in [4.69, 9.17) is 0 Å². The van der Waals surface area contributed by atoms with E-state index in [-0.39, 0.29) is 10.8 Å². The Morgan fingerprint density at radius 1 is 1.32 bits per heavy atom. The number of aromatic nitrogens is 2. The predicted octanol–water partition coefficient (Wildman–Crippen LogP) is 1.23. The molecule has 0 radical (unpaired) electrons. The van der Waals surface area contributed by atoms with Crippen LogP contribution in [0.4, 0.5) is 0 Å². The van der Waals surface area contributed by atoms with Crippen LogP contribution in [0, 0.1) is 0 Å². The minimum Gasteiger partial charge on any atom is -0.340 e. The summed E-state index contributed by atoms with van der Waals surface area (Å²) < 4.78 is 28.8. The number of carbonyl (C=O) groups excluding carboxylic acids is 1. The van der Waals surface area contributed by atoms with Gasteiger partial charge in [0.15, 0.2) is 0 Å². The fourth-order valence-electron chi connectivity index (χ4n) is 3.16. The van der Waals surface area contributed by atoms with Crippen molar-refractivity contribution in [3.63, 3.8) is 0 Å². The standard InChI is InChI=1S/C17H22N4O3S/c1-19(12-14-11-18-20(2)13-14)17(22)16-9-6-10-21(16)25(23,24)15-7-4-3-5-8-15/h3-5,7-8,11,13,16H,6,9-10,12H2,1-2H3. The van der Waals surface area contributed by atoms with Crippen LogP contribution in [0.15, 0.2) is 47.6 Å². The Bertz CT molecular complexity index is 848. The van der Waals surface area contributed by atoms with Crippen molar-refractivity contribution in [3.8, 4) is 0 Å². The molecule has 1 aromatic heterocycles. The lowest BCUT2D eigenvalue weighted by Crippen LogP contribution is -2.46. The fourth-order valence-corrected chi connectivity index (χ4v) is 4.83. The number of rotatable bonds is 5. The number of hydrogen-bond acceptors (Lipinski definition) is 4. The van der Waals surface area contributed by atoms with Gasteiger partial charge in [-0.3, -0.25) is 9.48 Å². The lowest BCUT2D eigenvalue weighted by atomic mass is 10.2. The monoisotopic (exact) mass is 362 g/mol. The summed E-state index contributed by atoms with van der Waals surface area (Å²) in [5.41, 5.74) is 0.911. The van der Waals surface area contributed by atoms with E-state index in [1.54, 1.807) is 53.2 Å². The molecule has 0 aliphatic carbocycles. The van der Waals surface area contributed by atoms with Crippen LogP contribution < -0.4 is 0 Å². The smallest absolute Gasteiger partial charge is 0.243 e. The van der Waals surface area contributed by atoms with Crippen LogP contribution in [0.1, 0.15) is 18.4 Å². The zero-order valence-corrected chi connectivity index (χ0v) is 15.2. The summed E-state index contributed by atoms with van der Waals surface area (Å²) in [7, 11) is -0.154. The number of amides is 1. The Morgan fingerprint density at radius 3 is 2.68 bits per heavy atom. The molecule has 2 heterocycles. The molecular weight excluding hydrogens is 340 g/mol. The number of sulfonamides is 1. The first kappa shape index (κ1) is 17.6. The lowest BCUT2D eigenvalue weighted by molar-refractivity contribution is -0.133. The number of carbonyl (C=O) groups is 1. The van der Waals surface area contributed by atoms with Gasteiger partial charge in [-0.25, -0.2) is 8.42 Å². The average molecular weight is 362 g/mol. The molecule has 1 atom stereocenters. The third-order valence-electron chi connectivity index (χ3n) is 4.39. The van der Waals surface area contributed by atoms with Crippen LogP contribution in [0.2, 0.25) is 0 Å². The van der Waals surface area contributed by atoms with E-state index in [1.807, 2.05) is 13.2 Å². The van der Waals surface area contributed by atoms with Gasteiger partial charge in [0.05, 0.1) is 11.1 Å². The minimum atomic E-state index is -3.67. The first-order valence-electron chi connectivity index (χ1n) is 8.19. The van der Waals surface area contributed by atoms with E-state index in [2.05, 4.69) is 5.10 Å². The van der Waals surface area contributed by atoms with Gasteiger partial charge >= 0.3 is 0 Å². The summed E-state index contributed by atoms with van der Waals surface area (Å²) >= 11 is 0. The zero-order valence-electron chi connectivity index (χ0n) is 14.4. The highest BCUT2D eigenvalue weighted by atomic mass is 32.2. The molecule has 25 heavy (non-hydrogen) atoms. The van der Waals surface area contributed by atoms with Crippen molar-refractivity contribution in [3.05, 3.63) is 48.3 Å². The van der Waals surface area contributed by atoms with Gasteiger partial charge in [0, 0.05) is 38.9 Å². The molecule has 1 aliphatic heterocycles. The van der Waals surface area contributed by atoms with Gasteiger partial charge in [-0.15, -0.1) is 0 Å². The number of hydrogen-bond donors (Lipinski definition) is 0. The van der Waals surface area contributed by atoms with E-state index in [0.29, 0.717) is 25.9 Å². The highest BCUT2D eigenvalue weighted by Gasteiger charge is 2.40. The molecule has 0 spiro atoms. The fraction of sp³-hybridized carbons (Fsp3) is 0.412. The molecule has 0 bridgehead atoms. The van der Waals surface area contributed by atoms with Crippen LogP contribution in [-0.2, 0) is 28.4 Å². The molecule has 7 nitrogen and oxygen atoms in total. The molecule has 134 valence electrons. The number of aryl methyl sites for hydroxylation is 1. The second-order valence-corrected chi connectivity index (χ2v) is 8.19. The van der Waals surface area contributed by atoms with Gasteiger partial charge in [-0.1, -0.05) is 18.2 Å². The van der Waals surface area contributed by atoms with Crippen molar-refractivity contribution in [2.24, 2.45) is 7.05 Å². The van der Waals surface area contributed by atoms with E-state index >= 15 is 0 Å². The summed E-state index contributed by atoms with van der Waals surface area (Å²) in [5, 5.41) is 4.09. The van der Waals surface area contributed by atoms with Gasteiger partial charge in [0.25, 0.3) is 0 Å². The molecule has 1 aliphatic rings. The Labute approximate surface area is 147 Å². The van der Waals surface area contributed by atoms with Crippen LogP contribution in [0.25, 0.3) is 0 Å². The third kappa shape index (κ3) is 3.59. The Hall–Kier alpha value is -2.19. The van der Waals surface area contributed by atoms with Crippen LogP contribution in [0.5, 0.6) is 0 Å². The number of likely N-dealkylation sites (N-methyl/N-ethyl adjacent to an activating group) is 1. The maximum Gasteiger partial charge on any atom is 0.243 e. The van der Waals surface area contributed by atoms with E-state index in [1.165, 1.54) is 4.31 Å². The van der Waals surface area contributed by atoms with Crippen molar-refractivity contribution in [1.82, 2.24) is 19.0 Å². The van der Waals surface area contributed by atoms with E-state index in [9.17, 15) is 13.2 Å². The molecule has 1 fully saturated rings. The Morgan fingerprint density at radius 2 is 2.04 bits per heavy atom. The normalized spacial score (nSPS) is 18.4. The van der Waals surface area contributed by atoms with Gasteiger partial charge < -0.3 is 4.90 Å². The second-order valence-electron chi connectivity index (χ2n) is 6.30. The van der Waals surface area contributed by atoms with Gasteiger partial charge in [-0.05, 0) is 25.0 Å². The molecule has 8 heteroatoms. The molecule has 2 aromatic rings. The molecule has 1 aromatic carbocycles. The number of benzene rings is 1. The highest BCUT2D eigenvalue weighted by molar-refractivity contribution is 7.89. The topological polar surface area (TPSA) is 75.5 Å². The lowest BCUT2D eigenvalue weighted by Gasteiger charge is -2.27. The first-order chi connectivity index (χ1) is 11.9. The van der Waals surface area contributed by atoms with E-state index in [0.717, 1.165) is 5.56 Å². The molecule has 0 saturated carbocycles. The molecule has 1 amide bonds. The summed E-state index contributed by atoms with van der Waals surface area (Å²) in [6, 6.07) is 7.63. The van der Waals surface area contributed by atoms with Crippen molar-refractivity contribution < 1.29 is 13.2 Å². The molecule has 0 N–H and O–H groups in total. The molecule has 1 unspecified atom stereocenters. The van der Waals surface area contributed by atoms with Gasteiger partial charge in [0.2, 0.25) is 15.9 Å². The van der Waals surface area contributed by atoms with Crippen molar-refractivity contribution in [1.29, 1.82) is 0 Å². The van der Waals surface area contributed by atoms with Crippen LogP contribution in [-0.4, -0.2) is 52.9 Å². The molecular formula is C17H22N4O3S. The molecule has 3 rings (SSSR count). The van der Waals surface area contributed by atoms with Crippen LogP contribution in [0.3, 0.4) is 0 Å². The highest BCUT2D eigenvalue weighted by Crippen LogP contribution is 2.27. The minimum absolute atomic E-state index is 0.180. The van der Waals surface area contributed by atoms with Gasteiger partial charge in [-0.2, -0.15) is 9.40 Å². The van der Waals surface area contributed by atoms with Gasteiger partial charge in [0.1, 0.15) is 6.04 Å². The zero-order chi connectivity index (χ0) is 18.0. The van der Waals surface area contributed by atoms with Crippen molar-refractivity contribution in [2.75, 3.05) is 13.6 Å². The van der Waals surface area contributed by atoms with Crippen LogP contribution >= 0.6 is 0 Å².